The van der Waals surface area contributed by atoms with Crippen LogP contribution in [0.2, 0.25) is 0 Å². The van der Waals surface area contributed by atoms with Crippen LogP contribution in [0.3, 0.4) is 0 Å². The zero-order valence-electron chi connectivity index (χ0n) is 9.65. The zero-order chi connectivity index (χ0) is 12.6. The molecule has 3 heteroatoms. The third-order valence-electron chi connectivity index (χ3n) is 2.74. The zero-order valence-corrected chi connectivity index (χ0v) is 9.65. The van der Waals surface area contributed by atoms with E-state index in [2.05, 4.69) is 0 Å². The Kier molecular flexibility index (Phi) is 2.68. The predicted octanol–water partition coefficient (Wildman–Crippen LogP) is 2.95. The minimum atomic E-state index is -0.197. The second kappa shape index (κ2) is 4.01. The predicted molar refractivity (Wildman–Crippen MR) is 65.6 cm³/mol. The number of hydrogen-bond acceptors (Lipinski definition) is 3. The molecule has 0 aliphatic carbocycles. The Balaban J connectivity index is 2.72. The molecule has 0 bridgehead atoms. The average Bonchev–Trinajstić information content (AvgIpc) is 2.27. The Morgan fingerprint density at radius 2 is 1.65 bits per heavy atom. The van der Waals surface area contributed by atoms with Gasteiger partial charge in [-0.25, -0.2) is 0 Å². The van der Waals surface area contributed by atoms with Crippen molar-refractivity contribution in [2.75, 3.05) is 0 Å². The van der Waals surface area contributed by atoms with Crippen molar-refractivity contribution in [3.8, 4) is 5.75 Å². The van der Waals surface area contributed by atoms with Gasteiger partial charge >= 0.3 is 0 Å². The molecule has 2 aromatic rings. The van der Waals surface area contributed by atoms with Gasteiger partial charge in [0.25, 0.3) is 0 Å². The van der Waals surface area contributed by atoms with Crippen LogP contribution in [-0.4, -0.2) is 16.7 Å². The lowest BCUT2D eigenvalue weighted by Crippen LogP contribution is -1.95. The van der Waals surface area contributed by atoms with E-state index in [1.54, 1.807) is 24.3 Å². The Hall–Kier alpha value is -2.16. The van der Waals surface area contributed by atoms with E-state index in [-0.39, 0.29) is 22.9 Å². The fourth-order valence-corrected chi connectivity index (χ4v) is 1.79. The summed E-state index contributed by atoms with van der Waals surface area (Å²) in [6.07, 6.45) is 0. The summed E-state index contributed by atoms with van der Waals surface area (Å²) in [6.45, 7) is 2.89. The first-order valence-corrected chi connectivity index (χ1v) is 5.27. The van der Waals surface area contributed by atoms with Crippen molar-refractivity contribution in [2.24, 2.45) is 0 Å². The Morgan fingerprint density at radius 3 is 2.24 bits per heavy atom. The molecule has 0 amide bonds. The first kappa shape index (κ1) is 11.3. The molecule has 0 saturated heterocycles. The molecule has 1 N–H and O–H groups in total. The van der Waals surface area contributed by atoms with E-state index >= 15 is 0 Å². The Morgan fingerprint density at radius 1 is 0.941 bits per heavy atom. The minimum absolute atomic E-state index is 0.0237. The standard InChI is InChI=1S/C14H12O3/c1-8(15)10-3-4-11-7-14(17)13(9(2)16)6-12(11)5-10/h3-7,17H,1-2H3. The molecule has 0 spiro atoms. The Bertz CT molecular complexity index is 627. The maximum absolute atomic E-state index is 11.3. The molecule has 0 unspecified atom stereocenters. The fraction of sp³-hybridized carbons (Fsp3) is 0.143. The molecule has 3 nitrogen and oxygen atoms in total. The van der Waals surface area contributed by atoms with Gasteiger partial charge in [-0.2, -0.15) is 0 Å². The molecule has 0 aromatic heterocycles. The summed E-state index contributed by atoms with van der Waals surface area (Å²) in [6, 6.07) is 8.34. The quantitative estimate of drug-likeness (QED) is 0.804. The van der Waals surface area contributed by atoms with Crippen LogP contribution in [0.4, 0.5) is 0 Å². The molecular weight excluding hydrogens is 216 g/mol. The largest absolute Gasteiger partial charge is 0.507 e. The van der Waals surface area contributed by atoms with Crippen LogP contribution in [0.5, 0.6) is 5.75 Å². The summed E-state index contributed by atoms with van der Waals surface area (Å²) in [5, 5.41) is 11.3. The van der Waals surface area contributed by atoms with E-state index in [0.29, 0.717) is 5.56 Å². The number of aromatic hydroxyl groups is 1. The summed E-state index contributed by atoms with van der Waals surface area (Å²) >= 11 is 0. The number of rotatable bonds is 2. The topological polar surface area (TPSA) is 54.4 Å². The molecule has 0 saturated carbocycles. The molecule has 17 heavy (non-hydrogen) atoms. The van der Waals surface area contributed by atoms with Crippen molar-refractivity contribution in [3.63, 3.8) is 0 Å². The third kappa shape index (κ3) is 2.04. The van der Waals surface area contributed by atoms with Crippen LogP contribution >= 0.6 is 0 Å². The number of ketones is 2. The highest BCUT2D eigenvalue weighted by molar-refractivity contribution is 6.03. The number of Topliss-reactive ketones (excluding diaryl/α,β-unsaturated/α-hetero) is 2. The van der Waals surface area contributed by atoms with Crippen molar-refractivity contribution in [2.45, 2.75) is 13.8 Å². The van der Waals surface area contributed by atoms with Crippen LogP contribution in [0.15, 0.2) is 30.3 Å². The lowest BCUT2D eigenvalue weighted by atomic mass is 10.0. The van der Waals surface area contributed by atoms with Gasteiger partial charge in [0.15, 0.2) is 11.6 Å². The number of hydrogen-bond donors (Lipinski definition) is 1. The Labute approximate surface area is 98.7 Å². The highest BCUT2D eigenvalue weighted by Gasteiger charge is 2.09. The molecule has 0 fully saturated rings. The van der Waals surface area contributed by atoms with Crippen molar-refractivity contribution in [3.05, 3.63) is 41.5 Å². The van der Waals surface area contributed by atoms with Crippen LogP contribution in [-0.2, 0) is 0 Å². The van der Waals surface area contributed by atoms with Crippen molar-refractivity contribution >= 4 is 22.3 Å². The molecule has 86 valence electrons. The average molecular weight is 228 g/mol. The summed E-state index contributed by atoms with van der Waals surface area (Å²) in [5.74, 6) is -0.248. The van der Waals surface area contributed by atoms with Gasteiger partial charge in [-0.05, 0) is 42.8 Å². The van der Waals surface area contributed by atoms with Crippen molar-refractivity contribution in [1.29, 1.82) is 0 Å². The molecular formula is C14H12O3. The van der Waals surface area contributed by atoms with Gasteiger partial charge < -0.3 is 5.11 Å². The number of fused-ring (bicyclic) bond motifs is 1. The highest BCUT2D eigenvalue weighted by Crippen LogP contribution is 2.26. The van der Waals surface area contributed by atoms with E-state index in [1.165, 1.54) is 19.9 Å². The summed E-state index contributed by atoms with van der Waals surface area (Å²) in [5.41, 5.74) is 0.871. The van der Waals surface area contributed by atoms with E-state index < -0.39 is 0 Å². The molecule has 0 radical (unpaired) electrons. The second-order valence-electron chi connectivity index (χ2n) is 4.04. The third-order valence-corrected chi connectivity index (χ3v) is 2.74. The number of carbonyl (C=O) groups excluding carboxylic acids is 2. The summed E-state index contributed by atoms with van der Waals surface area (Å²) in [4.78, 5) is 22.6. The lowest BCUT2D eigenvalue weighted by molar-refractivity contribution is 0.100. The van der Waals surface area contributed by atoms with E-state index in [9.17, 15) is 14.7 Å². The summed E-state index contributed by atoms with van der Waals surface area (Å²) < 4.78 is 0. The first-order chi connectivity index (χ1) is 7.99. The SMILES string of the molecule is CC(=O)c1ccc2cc(O)c(C(C)=O)cc2c1. The molecule has 2 rings (SSSR count). The van der Waals surface area contributed by atoms with Crippen LogP contribution < -0.4 is 0 Å². The smallest absolute Gasteiger partial charge is 0.163 e. The minimum Gasteiger partial charge on any atom is -0.507 e. The van der Waals surface area contributed by atoms with Gasteiger partial charge in [0, 0.05) is 5.56 Å². The van der Waals surface area contributed by atoms with Gasteiger partial charge in [-0.3, -0.25) is 9.59 Å². The van der Waals surface area contributed by atoms with E-state index in [4.69, 9.17) is 0 Å². The molecule has 0 aliphatic heterocycles. The number of carbonyl (C=O) groups is 2. The van der Waals surface area contributed by atoms with Gasteiger partial charge in [0.1, 0.15) is 5.75 Å². The highest BCUT2D eigenvalue weighted by atomic mass is 16.3. The number of phenols is 1. The van der Waals surface area contributed by atoms with Crippen molar-refractivity contribution in [1.82, 2.24) is 0 Å². The lowest BCUT2D eigenvalue weighted by Gasteiger charge is -2.05. The maximum atomic E-state index is 11.3. The molecule has 0 atom stereocenters. The van der Waals surface area contributed by atoms with E-state index in [1.807, 2.05) is 0 Å². The fourth-order valence-electron chi connectivity index (χ4n) is 1.79. The monoisotopic (exact) mass is 228 g/mol. The molecule has 2 aromatic carbocycles. The first-order valence-electron chi connectivity index (χ1n) is 5.27. The number of phenolic OH excluding ortho intramolecular Hbond substituents is 1. The summed E-state index contributed by atoms with van der Waals surface area (Å²) in [7, 11) is 0. The van der Waals surface area contributed by atoms with Crippen LogP contribution in [0, 0.1) is 0 Å². The number of benzene rings is 2. The van der Waals surface area contributed by atoms with Crippen LogP contribution in [0.1, 0.15) is 34.6 Å². The molecule has 0 aliphatic rings. The normalized spacial score (nSPS) is 10.5. The molecule has 0 heterocycles. The van der Waals surface area contributed by atoms with E-state index in [0.717, 1.165) is 10.8 Å². The van der Waals surface area contributed by atoms with Gasteiger partial charge in [-0.1, -0.05) is 12.1 Å². The van der Waals surface area contributed by atoms with Crippen molar-refractivity contribution < 1.29 is 14.7 Å². The van der Waals surface area contributed by atoms with Gasteiger partial charge in [0.2, 0.25) is 0 Å². The maximum Gasteiger partial charge on any atom is 0.163 e. The van der Waals surface area contributed by atoms with Crippen LogP contribution in [0.25, 0.3) is 10.8 Å². The van der Waals surface area contributed by atoms with Gasteiger partial charge in [0.05, 0.1) is 5.56 Å². The second-order valence-corrected chi connectivity index (χ2v) is 4.04. The van der Waals surface area contributed by atoms with Gasteiger partial charge in [-0.15, -0.1) is 0 Å².